The molecule has 2 aromatic heterocycles. The summed E-state index contributed by atoms with van der Waals surface area (Å²) in [7, 11) is -1.79. The highest BCUT2D eigenvalue weighted by Gasteiger charge is 2.20. The minimum absolute atomic E-state index is 0.211. The molecule has 0 fully saturated rings. The summed E-state index contributed by atoms with van der Waals surface area (Å²) in [5, 5.41) is 10.3. The van der Waals surface area contributed by atoms with Crippen molar-refractivity contribution < 1.29 is 8.42 Å². The number of sulfonamides is 1. The molecule has 0 aliphatic rings. The molecule has 2 heterocycles. The molecule has 0 aromatic carbocycles. The van der Waals surface area contributed by atoms with E-state index in [0.29, 0.717) is 6.54 Å². The van der Waals surface area contributed by atoms with Crippen molar-refractivity contribution in [2.24, 2.45) is 0 Å². The predicted molar refractivity (Wildman–Crippen MR) is 74.7 cm³/mol. The fourth-order valence-electron chi connectivity index (χ4n) is 1.60. The first kappa shape index (κ1) is 13.9. The predicted octanol–water partition coefficient (Wildman–Crippen LogP) is 1.37. The number of anilines is 1. The summed E-state index contributed by atoms with van der Waals surface area (Å²) in [6.07, 6.45) is 1.48. The van der Waals surface area contributed by atoms with Gasteiger partial charge in [0.1, 0.15) is 4.90 Å². The molecular formula is C11H14N4O2S2. The Morgan fingerprint density at radius 2 is 2.21 bits per heavy atom. The fourth-order valence-corrected chi connectivity index (χ4v) is 4.25. The van der Waals surface area contributed by atoms with E-state index < -0.39 is 10.0 Å². The summed E-state index contributed by atoms with van der Waals surface area (Å²) in [5.74, 6) is 0.211. The monoisotopic (exact) mass is 298 g/mol. The molecule has 0 atom stereocenters. The Bertz CT molecular complexity index is 653. The number of aromatic nitrogens is 2. The van der Waals surface area contributed by atoms with Gasteiger partial charge in [0.05, 0.1) is 0 Å². The summed E-state index contributed by atoms with van der Waals surface area (Å²) >= 11 is 1.46. The van der Waals surface area contributed by atoms with E-state index in [9.17, 15) is 8.42 Å². The first-order valence-electron chi connectivity index (χ1n) is 5.57. The lowest BCUT2D eigenvalue weighted by Gasteiger charge is -2.05. The van der Waals surface area contributed by atoms with Crippen LogP contribution in [-0.2, 0) is 16.6 Å². The molecule has 0 unspecified atom stereocenters. The van der Waals surface area contributed by atoms with Crippen LogP contribution in [0.2, 0.25) is 0 Å². The lowest BCUT2D eigenvalue weighted by molar-refractivity contribution is 0.600. The smallest absolute Gasteiger partial charge is 0.264 e. The van der Waals surface area contributed by atoms with Gasteiger partial charge >= 0.3 is 0 Å². The maximum atomic E-state index is 12.2. The molecule has 2 aromatic rings. The largest absolute Gasteiger partial charge is 0.315 e. The molecule has 2 rings (SSSR count). The number of hydrogen-bond donors (Lipinski definition) is 2. The molecule has 0 aliphatic heterocycles. The molecule has 0 bridgehead atoms. The highest BCUT2D eigenvalue weighted by molar-refractivity contribution is 7.93. The second kappa shape index (κ2) is 5.64. The first-order valence-corrected chi connectivity index (χ1v) is 7.87. The van der Waals surface area contributed by atoms with Gasteiger partial charge in [-0.3, -0.25) is 4.72 Å². The van der Waals surface area contributed by atoms with Crippen molar-refractivity contribution in [3.63, 3.8) is 0 Å². The van der Waals surface area contributed by atoms with Crippen LogP contribution in [0.5, 0.6) is 0 Å². The van der Waals surface area contributed by atoms with Crippen molar-refractivity contribution in [2.45, 2.75) is 18.4 Å². The number of hydrogen-bond acceptors (Lipinski definition) is 6. The van der Waals surface area contributed by atoms with Crippen molar-refractivity contribution in [1.29, 1.82) is 0 Å². The molecule has 0 spiro atoms. The van der Waals surface area contributed by atoms with Crippen LogP contribution in [0.3, 0.4) is 0 Å². The summed E-state index contributed by atoms with van der Waals surface area (Å²) in [6, 6.07) is 4.85. The zero-order valence-corrected chi connectivity index (χ0v) is 12.2. The van der Waals surface area contributed by atoms with E-state index >= 15 is 0 Å². The number of thiophene rings is 1. The Morgan fingerprint density at radius 1 is 1.42 bits per heavy atom. The molecule has 0 saturated carbocycles. The number of rotatable bonds is 5. The standard InChI is InChI=1S/C11H14N4O2S2/c1-8-10(6-9(18-8)7-12-2)19(16,17)15-11-4-3-5-13-14-11/h3-6,12H,7H2,1-2H3,(H,14,15). The van der Waals surface area contributed by atoms with Gasteiger partial charge in [-0.1, -0.05) is 0 Å². The minimum Gasteiger partial charge on any atom is -0.315 e. The SMILES string of the molecule is CNCc1cc(S(=O)(=O)Nc2cccnn2)c(C)s1. The Balaban J connectivity index is 2.29. The number of aryl methyl sites for hydroxylation is 1. The molecule has 0 amide bonds. The van der Waals surface area contributed by atoms with Crippen LogP contribution in [0.25, 0.3) is 0 Å². The van der Waals surface area contributed by atoms with E-state index in [-0.39, 0.29) is 10.7 Å². The molecular weight excluding hydrogens is 284 g/mol. The van der Waals surface area contributed by atoms with E-state index in [1.165, 1.54) is 17.5 Å². The van der Waals surface area contributed by atoms with E-state index in [0.717, 1.165) is 9.75 Å². The highest BCUT2D eigenvalue weighted by Crippen LogP contribution is 2.26. The maximum absolute atomic E-state index is 12.2. The molecule has 6 nitrogen and oxygen atoms in total. The van der Waals surface area contributed by atoms with Gasteiger partial charge < -0.3 is 5.32 Å². The van der Waals surface area contributed by atoms with Crippen LogP contribution in [-0.4, -0.2) is 25.7 Å². The molecule has 0 aliphatic carbocycles. The van der Waals surface area contributed by atoms with Gasteiger partial charge in [0, 0.05) is 22.5 Å². The summed E-state index contributed by atoms with van der Waals surface area (Å²) in [4.78, 5) is 2.01. The van der Waals surface area contributed by atoms with Gasteiger partial charge in [0.25, 0.3) is 10.0 Å². The van der Waals surface area contributed by atoms with Gasteiger partial charge in [-0.05, 0) is 32.2 Å². The summed E-state index contributed by atoms with van der Waals surface area (Å²) in [5.41, 5.74) is 0. The van der Waals surface area contributed by atoms with Crippen molar-refractivity contribution in [3.05, 3.63) is 34.2 Å². The summed E-state index contributed by atoms with van der Waals surface area (Å²) < 4.78 is 26.9. The average Bonchev–Trinajstić information content (AvgIpc) is 2.72. The van der Waals surface area contributed by atoms with Crippen LogP contribution in [0, 0.1) is 6.92 Å². The molecule has 102 valence electrons. The third-order valence-corrected chi connectivity index (χ3v) is 5.04. The van der Waals surface area contributed by atoms with Crippen LogP contribution in [0.15, 0.2) is 29.3 Å². The van der Waals surface area contributed by atoms with E-state index in [1.807, 2.05) is 7.05 Å². The lowest BCUT2D eigenvalue weighted by atomic mass is 10.4. The fraction of sp³-hybridized carbons (Fsp3) is 0.273. The second-order valence-electron chi connectivity index (χ2n) is 3.88. The third-order valence-electron chi connectivity index (χ3n) is 2.38. The Hall–Kier alpha value is -1.51. The van der Waals surface area contributed by atoms with Gasteiger partial charge in [-0.15, -0.1) is 16.4 Å². The second-order valence-corrected chi connectivity index (χ2v) is 6.87. The van der Waals surface area contributed by atoms with Gasteiger partial charge in [-0.25, -0.2) is 8.42 Å². The topological polar surface area (TPSA) is 84.0 Å². The van der Waals surface area contributed by atoms with Crippen molar-refractivity contribution in [3.8, 4) is 0 Å². The van der Waals surface area contributed by atoms with Crippen LogP contribution < -0.4 is 10.0 Å². The molecule has 19 heavy (non-hydrogen) atoms. The van der Waals surface area contributed by atoms with E-state index in [1.54, 1.807) is 25.1 Å². The van der Waals surface area contributed by atoms with Crippen molar-refractivity contribution in [1.82, 2.24) is 15.5 Å². The average molecular weight is 298 g/mol. The zero-order valence-electron chi connectivity index (χ0n) is 10.5. The minimum atomic E-state index is -3.61. The summed E-state index contributed by atoms with van der Waals surface area (Å²) in [6.45, 7) is 2.43. The van der Waals surface area contributed by atoms with E-state index in [4.69, 9.17) is 0 Å². The Morgan fingerprint density at radius 3 is 2.84 bits per heavy atom. The zero-order chi connectivity index (χ0) is 13.9. The van der Waals surface area contributed by atoms with Crippen LogP contribution >= 0.6 is 11.3 Å². The highest BCUT2D eigenvalue weighted by atomic mass is 32.2. The quantitative estimate of drug-likeness (QED) is 0.871. The van der Waals surface area contributed by atoms with Gasteiger partial charge in [0.2, 0.25) is 0 Å². The Labute approximate surface area is 115 Å². The number of nitrogens with one attached hydrogen (secondary N) is 2. The van der Waals surface area contributed by atoms with Crippen LogP contribution in [0.1, 0.15) is 9.75 Å². The van der Waals surface area contributed by atoms with Gasteiger partial charge in [-0.2, -0.15) is 5.10 Å². The number of nitrogens with zero attached hydrogens (tertiary/aromatic N) is 2. The van der Waals surface area contributed by atoms with Crippen molar-refractivity contribution >= 4 is 27.2 Å². The third kappa shape index (κ3) is 3.28. The molecule has 0 radical (unpaired) electrons. The first-order chi connectivity index (χ1) is 9.03. The molecule has 8 heteroatoms. The Kier molecular flexibility index (Phi) is 4.13. The van der Waals surface area contributed by atoms with Gasteiger partial charge in [0.15, 0.2) is 5.82 Å². The maximum Gasteiger partial charge on any atom is 0.264 e. The molecule has 0 saturated heterocycles. The lowest BCUT2D eigenvalue weighted by Crippen LogP contribution is -2.14. The van der Waals surface area contributed by atoms with E-state index in [2.05, 4.69) is 20.2 Å². The van der Waals surface area contributed by atoms with Crippen molar-refractivity contribution in [2.75, 3.05) is 11.8 Å². The normalized spacial score (nSPS) is 11.5. The molecule has 2 N–H and O–H groups in total. The van der Waals surface area contributed by atoms with Crippen LogP contribution in [0.4, 0.5) is 5.82 Å².